The minimum absolute atomic E-state index is 0.0570. The zero-order valence-electron chi connectivity index (χ0n) is 16.7. The van der Waals surface area contributed by atoms with Crippen LogP contribution in [-0.2, 0) is 11.3 Å². The van der Waals surface area contributed by atoms with Gasteiger partial charge in [0.1, 0.15) is 0 Å². The highest BCUT2D eigenvalue weighted by Crippen LogP contribution is 2.29. The standard InChI is InChI=1S/C23H21N3O2S2/c1-15-7-9-17(10-8-15)26-20-6-4-3-5-19(20)25-23(26)29-14-21(28)22-12-11-18(30-22)13-24-16(2)27/h3-12H,13-14H2,1-2H3,(H,24,27). The van der Waals surface area contributed by atoms with Gasteiger partial charge in [-0.2, -0.15) is 0 Å². The molecule has 7 heteroatoms. The average molecular weight is 436 g/mol. The molecular formula is C23H21N3O2S2. The number of aromatic nitrogens is 2. The first-order chi connectivity index (χ1) is 14.5. The predicted molar refractivity (Wildman–Crippen MR) is 123 cm³/mol. The number of aryl methyl sites for hydroxylation is 1. The largest absolute Gasteiger partial charge is 0.351 e. The molecule has 5 nitrogen and oxygen atoms in total. The van der Waals surface area contributed by atoms with Gasteiger partial charge in [0.15, 0.2) is 10.9 Å². The second-order valence-electron chi connectivity index (χ2n) is 6.94. The number of imidazole rings is 1. The van der Waals surface area contributed by atoms with Gasteiger partial charge in [-0.3, -0.25) is 14.2 Å². The molecule has 0 unspecified atom stereocenters. The van der Waals surface area contributed by atoms with Gasteiger partial charge in [-0.15, -0.1) is 11.3 Å². The Labute approximate surface area is 183 Å². The van der Waals surface area contributed by atoms with Crippen LogP contribution in [0.1, 0.15) is 27.0 Å². The highest BCUT2D eigenvalue weighted by molar-refractivity contribution is 7.99. The Morgan fingerprint density at radius 2 is 1.83 bits per heavy atom. The highest BCUT2D eigenvalue weighted by atomic mass is 32.2. The molecule has 1 amide bonds. The minimum atomic E-state index is -0.0816. The molecule has 0 aliphatic carbocycles. The number of nitrogens with zero attached hydrogens (tertiary/aromatic N) is 2. The van der Waals surface area contributed by atoms with Gasteiger partial charge in [0.05, 0.1) is 28.2 Å². The van der Waals surface area contributed by atoms with Crippen LogP contribution >= 0.6 is 23.1 Å². The number of benzene rings is 2. The molecule has 0 saturated heterocycles. The maximum Gasteiger partial charge on any atom is 0.217 e. The van der Waals surface area contributed by atoms with Gasteiger partial charge in [-0.05, 0) is 43.3 Å². The Hall–Kier alpha value is -2.90. The number of nitrogens with one attached hydrogen (secondary N) is 1. The van der Waals surface area contributed by atoms with Crippen molar-refractivity contribution in [2.45, 2.75) is 25.5 Å². The maximum absolute atomic E-state index is 12.7. The molecule has 0 bridgehead atoms. The van der Waals surface area contributed by atoms with E-state index in [1.165, 1.54) is 35.6 Å². The number of carbonyl (C=O) groups excluding carboxylic acids is 2. The van der Waals surface area contributed by atoms with Gasteiger partial charge in [0, 0.05) is 17.5 Å². The van der Waals surface area contributed by atoms with E-state index >= 15 is 0 Å². The number of thiophene rings is 1. The summed E-state index contributed by atoms with van der Waals surface area (Å²) >= 11 is 2.86. The lowest BCUT2D eigenvalue weighted by molar-refractivity contribution is -0.119. The number of Topliss-reactive ketones (excluding diaryl/α,β-unsaturated/α-hetero) is 1. The molecule has 0 radical (unpaired) electrons. The van der Waals surface area contributed by atoms with Crippen LogP contribution in [-0.4, -0.2) is 27.0 Å². The molecular weight excluding hydrogens is 414 g/mol. The molecule has 152 valence electrons. The van der Waals surface area contributed by atoms with Crippen molar-refractivity contribution >= 4 is 45.8 Å². The minimum Gasteiger partial charge on any atom is -0.351 e. The lowest BCUT2D eigenvalue weighted by atomic mass is 10.2. The number of carbonyl (C=O) groups is 2. The van der Waals surface area contributed by atoms with E-state index in [0.717, 1.165) is 26.8 Å². The molecule has 30 heavy (non-hydrogen) atoms. The summed E-state index contributed by atoms with van der Waals surface area (Å²) in [4.78, 5) is 30.2. The van der Waals surface area contributed by atoms with Crippen LogP contribution in [0.25, 0.3) is 16.7 Å². The van der Waals surface area contributed by atoms with Gasteiger partial charge in [0.25, 0.3) is 0 Å². The molecule has 0 fully saturated rings. The van der Waals surface area contributed by atoms with Gasteiger partial charge < -0.3 is 5.32 Å². The van der Waals surface area contributed by atoms with Crippen LogP contribution in [0, 0.1) is 6.92 Å². The van der Waals surface area contributed by atoms with Gasteiger partial charge in [-0.25, -0.2) is 4.98 Å². The molecule has 4 aromatic rings. The van der Waals surface area contributed by atoms with Crippen molar-refractivity contribution in [3.05, 3.63) is 76.0 Å². The van der Waals surface area contributed by atoms with Crippen LogP contribution in [0.3, 0.4) is 0 Å². The summed E-state index contributed by atoms with van der Waals surface area (Å²) in [7, 11) is 0. The summed E-state index contributed by atoms with van der Waals surface area (Å²) in [5.41, 5.74) is 4.14. The number of fused-ring (bicyclic) bond motifs is 1. The van der Waals surface area contributed by atoms with E-state index in [2.05, 4.69) is 41.1 Å². The Balaban J connectivity index is 1.55. The van der Waals surface area contributed by atoms with Crippen molar-refractivity contribution in [2.75, 3.05) is 5.75 Å². The Morgan fingerprint density at radius 3 is 2.60 bits per heavy atom. The van der Waals surface area contributed by atoms with Crippen molar-refractivity contribution in [1.82, 2.24) is 14.9 Å². The lowest BCUT2D eigenvalue weighted by Crippen LogP contribution is -2.18. The monoisotopic (exact) mass is 435 g/mol. The molecule has 0 saturated carbocycles. The fourth-order valence-corrected chi connectivity index (χ4v) is 4.97. The third-order valence-corrected chi connectivity index (χ3v) is 6.67. The van der Waals surface area contributed by atoms with E-state index in [4.69, 9.17) is 4.98 Å². The molecule has 2 heterocycles. The topological polar surface area (TPSA) is 64.0 Å². The van der Waals surface area contributed by atoms with Crippen LogP contribution in [0.15, 0.2) is 65.8 Å². The van der Waals surface area contributed by atoms with Crippen molar-refractivity contribution in [3.63, 3.8) is 0 Å². The molecule has 4 rings (SSSR count). The molecule has 0 aliphatic heterocycles. The van der Waals surface area contributed by atoms with Crippen LogP contribution in [0.2, 0.25) is 0 Å². The molecule has 1 N–H and O–H groups in total. The SMILES string of the molecule is CC(=O)NCc1ccc(C(=O)CSc2nc3ccccc3n2-c2ccc(C)cc2)s1. The second kappa shape index (κ2) is 8.85. The quantitative estimate of drug-likeness (QED) is 0.327. The molecule has 2 aromatic heterocycles. The average Bonchev–Trinajstić information content (AvgIpc) is 3.36. The van der Waals surface area contributed by atoms with E-state index in [9.17, 15) is 9.59 Å². The van der Waals surface area contributed by atoms with Gasteiger partial charge >= 0.3 is 0 Å². The molecule has 0 aliphatic rings. The van der Waals surface area contributed by atoms with Crippen molar-refractivity contribution in [3.8, 4) is 5.69 Å². The first kappa shape index (κ1) is 20.4. The Morgan fingerprint density at radius 1 is 1.07 bits per heavy atom. The number of rotatable bonds is 7. The van der Waals surface area contributed by atoms with E-state index < -0.39 is 0 Å². The third-order valence-electron chi connectivity index (χ3n) is 4.60. The zero-order chi connectivity index (χ0) is 21.1. The number of hydrogen-bond donors (Lipinski definition) is 1. The first-order valence-electron chi connectivity index (χ1n) is 9.55. The van der Waals surface area contributed by atoms with Crippen LogP contribution < -0.4 is 5.32 Å². The van der Waals surface area contributed by atoms with Gasteiger partial charge in [-0.1, -0.05) is 41.6 Å². The fraction of sp³-hybridized carbons (Fsp3) is 0.174. The number of hydrogen-bond acceptors (Lipinski definition) is 5. The van der Waals surface area contributed by atoms with Crippen LogP contribution in [0.5, 0.6) is 0 Å². The van der Waals surface area contributed by atoms with E-state index in [1.54, 1.807) is 0 Å². The highest BCUT2D eigenvalue weighted by Gasteiger charge is 2.16. The summed E-state index contributed by atoms with van der Waals surface area (Å²) in [6.07, 6.45) is 0. The first-order valence-corrected chi connectivity index (χ1v) is 11.3. The number of para-hydroxylation sites is 2. The van der Waals surface area contributed by atoms with E-state index in [0.29, 0.717) is 17.2 Å². The van der Waals surface area contributed by atoms with Gasteiger partial charge in [0.2, 0.25) is 5.91 Å². The molecule has 0 spiro atoms. The third kappa shape index (κ3) is 4.47. The normalized spacial score (nSPS) is 11.0. The smallest absolute Gasteiger partial charge is 0.217 e. The number of amides is 1. The van der Waals surface area contributed by atoms with Crippen molar-refractivity contribution < 1.29 is 9.59 Å². The molecule has 0 atom stereocenters. The summed E-state index contributed by atoms with van der Waals surface area (Å²) in [5, 5.41) is 3.55. The van der Waals surface area contributed by atoms with Crippen molar-refractivity contribution in [2.24, 2.45) is 0 Å². The lowest BCUT2D eigenvalue weighted by Gasteiger charge is -2.09. The van der Waals surface area contributed by atoms with Crippen molar-refractivity contribution in [1.29, 1.82) is 0 Å². The second-order valence-corrected chi connectivity index (χ2v) is 9.05. The summed E-state index contributed by atoms with van der Waals surface area (Å²) in [6.45, 7) is 3.99. The number of ketones is 1. The fourth-order valence-electron chi connectivity index (χ4n) is 3.08. The summed E-state index contributed by atoms with van der Waals surface area (Å²) in [6, 6.07) is 20.0. The Bertz CT molecular complexity index is 1210. The van der Waals surface area contributed by atoms with E-state index in [1.807, 2.05) is 36.4 Å². The van der Waals surface area contributed by atoms with E-state index in [-0.39, 0.29) is 11.7 Å². The maximum atomic E-state index is 12.7. The predicted octanol–water partition coefficient (Wildman–Crippen LogP) is 5.01. The zero-order valence-corrected chi connectivity index (χ0v) is 18.3. The van der Waals surface area contributed by atoms with Crippen LogP contribution in [0.4, 0.5) is 0 Å². The molecule has 2 aromatic carbocycles. The summed E-state index contributed by atoms with van der Waals surface area (Å²) < 4.78 is 2.10. The number of thioether (sulfide) groups is 1. The Kier molecular flexibility index (Phi) is 6.01. The summed E-state index contributed by atoms with van der Waals surface area (Å²) in [5.74, 6) is 0.276.